The van der Waals surface area contributed by atoms with E-state index in [9.17, 15) is 9.59 Å². The molecule has 0 N–H and O–H groups in total. The van der Waals surface area contributed by atoms with E-state index < -0.39 is 0 Å². The predicted octanol–water partition coefficient (Wildman–Crippen LogP) is 2.29. The number of hydrogen-bond acceptors (Lipinski definition) is 3. The monoisotopic (exact) mass is 295 g/mol. The second-order valence-corrected chi connectivity index (χ2v) is 5.35. The Labute approximate surface area is 123 Å². The van der Waals surface area contributed by atoms with Crippen molar-refractivity contribution in [3.63, 3.8) is 0 Å². The molecular formula is C15H18ClNO3. The highest BCUT2D eigenvalue weighted by Crippen LogP contribution is 2.20. The lowest BCUT2D eigenvalue weighted by molar-refractivity contribution is -0.145. The second-order valence-electron chi connectivity index (χ2n) is 4.94. The van der Waals surface area contributed by atoms with Crippen molar-refractivity contribution in [1.29, 1.82) is 0 Å². The molecule has 20 heavy (non-hydrogen) atoms. The summed E-state index contributed by atoms with van der Waals surface area (Å²) >= 11 is 6.06. The van der Waals surface area contributed by atoms with Gasteiger partial charge in [0.1, 0.15) is 0 Å². The lowest BCUT2D eigenvalue weighted by Gasteiger charge is -2.16. The summed E-state index contributed by atoms with van der Waals surface area (Å²) < 4.78 is 4.71. The fraction of sp³-hybridized carbons (Fsp3) is 0.467. The van der Waals surface area contributed by atoms with Crippen molar-refractivity contribution in [1.82, 2.24) is 4.90 Å². The van der Waals surface area contributed by atoms with Gasteiger partial charge in [0, 0.05) is 24.5 Å². The van der Waals surface area contributed by atoms with E-state index >= 15 is 0 Å². The van der Waals surface area contributed by atoms with Gasteiger partial charge < -0.3 is 9.64 Å². The van der Waals surface area contributed by atoms with Gasteiger partial charge in [0.25, 0.3) is 0 Å². The number of esters is 1. The van der Waals surface area contributed by atoms with Crippen LogP contribution in [-0.2, 0) is 20.7 Å². The molecule has 2 rings (SSSR count). The molecule has 0 bridgehead atoms. The number of likely N-dealkylation sites (tertiary alicyclic amines) is 1. The number of benzene rings is 1. The van der Waals surface area contributed by atoms with Crippen molar-refractivity contribution >= 4 is 23.5 Å². The number of rotatable bonds is 4. The zero-order chi connectivity index (χ0) is 14.5. The van der Waals surface area contributed by atoms with Crippen molar-refractivity contribution in [3.8, 4) is 0 Å². The highest BCUT2D eigenvalue weighted by molar-refractivity contribution is 6.31. The van der Waals surface area contributed by atoms with E-state index in [2.05, 4.69) is 0 Å². The summed E-state index contributed by atoms with van der Waals surface area (Å²) in [5.41, 5.74) is 0.978. The summed E-state index contributed by atoms with van der Waals surface area (Å²) in [6.45, 7) is 1.09. The molecule has 1 saturated heterocycles. The van der Waals surface area contributed by atoms with Crippen molar-refractivity contribution in [2.75, 3.05) is 20.2 Å². The number of halogens is 1. The maximum atomic E-state index is 12.1. The van der Waals surface area contributed by atoms with Crippen LogP contribution in [0.4, 0.5) is 0 Å². The van der Waals surface area contributed by atoms with Gasteiger partial charge in [-0.05, 0) is 24.5 Å². The molecule has 1 atom stereocenters. The molecule has 4 nitrogen and oxygen atoms in total. The number of amides is 1. The Hall–Kier alpha value is -1.55. The van der Waals surface area contributed by atoms with E-state index in [0.717, 1.165) is 5.56 Å². The quantitative estimate of drug-likeness (QED) is 0.801. The molecule has 1 amide bonds. The van der Waals surface area contributed by atoms with Crippen LogP contribution in [0.3, 0.4) is 0 Å². The van der Waals surface area contributed by atoms with Gasteiger partial charge in [-0.1, -0.05) is 29.8 Å². The van der Waals surface area contributed by atoms with Gasteiger partial charge in [-0.2, -0.15) is 0 Å². The summed E-state index contributed by atoms with van der Waals surface area (Å²) in [5, 5.41) is 0.689. The number of aryl methyl sites for hydroxylation is 1. The number of hydrogen-bond donors (Lipinski definition) is 0. The summed E-state index contributed by atoms with van der Waals surface area (Å²) in [6.07, 6.45) is 1.72. The normalized spacial score (nSPS) is 18.1. The Morgan fingerprint density at radius 3 is 2.85 bits per heavy atom. The smallest absolute Gasteiger partial charge is 0.310 e. The third-order valence-corrected chi connectivity index (χ3v) is 4.01. The molecule has 0 saturated carbocycles. The van der Waals surface area contributed by atoms with Gasteiger partial charge in [-0.15, -0.1) is 0 Å². The highest BCUT2D eigenvalue weighted by Gasteiger charge is 2.31. The van der Waals surface area contributed by atoms with Crippen molar-refractivity contribution in [2.24, 2.45) is 5.92 Å². The largest absolute Gasteiger partial charge is 0.469 e. The Morgan fingerprint density at radius 2 is 2.15 bits per heavy atom. The Morgan fingerprint density at radius 1 is 1.40 bits per heavy atom. The SMILES string of the molecule is COC(=O)C1CCN(C(=O)CCc2ccccc2Cl)C1. The van der Waals surface area contributed by atoms with Crippen LogP contribution in [0.25, 0.3) is 0 Å². The van der Waals surface area contributed by atoms with Gasteiger partial charge in [-0.3, -0.25) is 9.59 Å². The standard InChI is InChI=1S/C15H18ClNO3/c1-20-15(19)12-8-9-17(10-12)14(18)7-6-11-4-2-3-5-13(11)16/h2-5,12H,6-10H2,1H3. The first kappa shape index (κ1) is 14.9. The average Bonchev–Trinajstić information content (AvgIpc) is 2.95. The minimum Gasteiger partial charge on any atom is -0.469 e. The number of nitrogens with zero attached hydrogens (tertiary/aromatic N) is 1. The first-order valence-corrected chi connectivity index (χ1v) is 7.08. The van der Waals surface area contributed by atoms with E-state index in [4.69, 9.17) is 16.3 Å². The number of carbonyl (C=O) groups is 2. The summed E-state index contributed by atoms with van der Waals surface area (Å²) in [5.74, 6) is -0.341. The van der Waals surface area contributed by atoms with E-state index in [1.165, 1.54) is 7.11 Å². The zero-order valence-electron chi connectivity index (χ0n) is 11.5. The molecule has 1 unspecified atom stereocenters. The van der Waals surface area contributed by atoms with Crippen LogP contribution in [0.5, 0.6) is 0 Å². The lowest BCUT2D eigenvalue weighted by Crippen LogP contribution is -2.30. The topological polar surface area (TPSA) is 46.6 Å². The first-order valence-electron chi connectivity index (χ1n) is 6.71. The Bertz CT molecular complexity index is 504. The van der Waals surface area contributed by atoms with E-state index in [0.29, 0.717) is 37.4 Å². The molecule has 0 spiro atoms. The molecule has 1 aliphatic rings. The number of methoxy groups -OCH3 is 1. The third-order valence-electron chi connectivity index (χ3n) is 3.64. The third kappa shape index (κ3) is 3.51. The minimum atomic E-state index is -0.230. The maximum absolute atomic E-state index is 12.1. The lowest BCUT2D eigenvalue weighted by atomic mass is 10.1. The van der Waals surface area contributed by atoms with Gasteiger partial charge in [0.05, 0.1) is 13.0 Å². The van der Waals surface area contributed by atoms with Crippen LogP contribution in [0.15, 0.2) is 24.3 Å². The van der Waals surface area contributed by atoms with Crippen LogP contribution >= 0.6 is 11.6 Å². The molecule has 1 aromatic carbocycles. The average molecular weight is 296 g/mol. The maximum Gasteiger partial charge on any atom is 0.310 e. The molecule has 0 aliphatic carbocycles. The number of ether oxygens (including phenoxy) is 1. The van der Waals surface area contributed by atoms with Gasteiger partial charge in [0.15, 0.2) is 0 Å². The van der Waals surface area contributed by atoms with Crippen molar-refractivity contribution in [2.45, 2.75) is 19.3 Å². The fourth-order valence-corrected chi connectivity index (χ4v) is 2.68. The molecule has 1 heterocycles. The summed E-state index contributed by atoms with van der Waals surface area (Å²) in [7, 11) is 1.38. The van der Waals surface area contributed by atoms with Gasteiger partial charge >= 0.3 is 5.97 Å². The summed E-state index contributed by atoms with van der Waals surface area (Å²) in [6, 6.07) is 7.53. The molecule has 108 valence electrons. The first-order chi connectivity index (χ1) is 9.61. The summed E-state index contributed by atoms with van der Waals surface area (Å²) in [4.78, 5) is 25.3. The van der Waals surface area contributed by atoms with Crippen LogP contribution in [-0.4, -0.2) is 37.0 Å². The Balaban J connectivity index is 1.85. The van der Waals surface area contributed by atoms with Crippen molar-refractivity contribution in [3.05, 3.63) is 34.9 Å². The van der Waals surface area contributed by atoms with Crippen LogP contribution in [0.2, 0.25) is 5.02 Å². The molecule has 1 fully saturated rings. The fourth-order valence-electron chi connectivity index (χ4n) is 2.45. The highest BCUT2D eigenvalue weighted by atomic mass is 35.5. The molecule has 1 aromatic rings. The van der Waals surface area contributed by atoms with E-state index in [1.54, 1.807) is 4.90 Å². The molecule has 5 heteroatoms. The zero-order valence-corrected chi connectivity index (χ0v) is 12.2. The Kier molecular flexibility index (Phi) is 5.01. The van der Waals surface area contributed by atoms with Gasteiger partial charge in [-0.25, -0.2) is 0 Å². The van der Waals surface area contributed by atoms with Crippen LogP contribution < -0.4 is 0 Å². The number of carbonyl (C=O) groups excluding carboxylic acids is 2. The molecular weight excluding hydrogens is 278 g/mol. The van der Waals surface area contributed by atoms with Gasteiger partial charge in [0.2, 0.25) is 5.91 Å². The van der Waals surface area contributed by atoms with Crippen LogP contribution in [0, 0.1) is 5.92 Å². The van der Waals surface area contributed by atoms with E-state index in [1.807, 2.05) is 24.3 Å². The van der Waals surface area contributed by atoms with Crippen molar-refractivity contribution < 1.29 is 14.3 Å². The molecule has 0 radical (unpaired) electrons. The van der Waals surface area contributed by atoms with Crippen LogP contribution in [0.1, 0.15) is 18.4 Å². The predicted molar refractivity (Wildman–Crippen MR) is 76.5 cm³/mol. The molecule has 0 aromatic heterocycles. The minimum absolute atomic E-state index is 0.0660. The molecule has 1 aliphatic heterocycles. The second kappa shape index (κ2) is 6.75. The van der Waals surface area contributed by atoms with E-state index in [-0.39, 0.29) is 17.8 Å².